The maximum absolute atomic E-state index is 11.2. The molecule has 0 aliphatic carbocycles. The van der Waals surface area contributed by atoms with Crippen molar-refractivity contribution in [2.75, 3.05) is 14.2 Å². The molecule has 1 N–H and O–H groups in total. The Balaban J connectivity index is 2.49. The Morgan fingerprint density at radius 2 is 1.81 bits per heavy atom. The van der Waals surface area contributed by atoms with Crippen LogP contribution in [0, 0.1) is 0 Å². The summed E-state index contributed by atoms with van der Waals surface area (Å²) >= 11 is 0. The highest BCUT2D eigenvalue weighted by atomic mass is 16.5. The summed E-state index contributed by atoms with van der Waals surface area (Å²) in [5.74, 6) is -0.318. The molecule has 2 rings (SSSR count). The fourth-order valence-electron chi connectivity index (χ4n) is 2.31. The van der Waals surface area contributed by atoms with Gasteiger partial charge in [0.25, 0.3) is 0 Å². The zero-order chi connectivity index (χ0) is 15.2. The number of benzene rings is 2. The van der Waals surface area contributed by atoms with Gasteiger partial charge in [-0.05, 0) is 17.2 Å². The number of methoxy groups -OCH3 is 2. The monoisotopic (exact) mass is 286 g/mol. The standard InChI is InChI=1S/C17H18O4/c1-20-15-10-6-9-13(12-7-4-3-5-8-12)14(15)11-16(21-2)17(18)19/h3-10,16H,11H2,1-2H3,(H,18,19). The highest BCUT2D eigenvalue weighted by Gasteiger charge is 2.21. The van der Waals surface area contributed by atoms with E-state index < -0.39 is 12.1 Å². The molecule has 21 heavy (non-hydrogen) atoms. The van der Waals surface area contributed by atoms with Crippen LogP contribution >= 0.6 is 0 Å². The van der Waals surface area contributed by atoms with Gasteiger partial charge in [0.1, 0.15) is 5.75 Å². The van der Waals surface area contributed by atoms with E-state index in [0.717, 1.165) is 16.7 Å². The minimum atomic E-state index is -0.984. The summed E-state index contributed by atoms with van der Waals surface area (Å²) in [5, 5.41) is 9.19. The van der Waals surface area contributed by atoms with E-state index in [1.807, 2.05) is 48.5 Å². The average molecular weight is 286 g/mol. The summed E-state index contributed by atoms with van der Waals surface area (Å²) < 4.78 is 10.4. The Kier molecular flexibility index (Phi) is 4.95. The van der Waals surface area contributed by atoms with Gasteiger partial charge in [0.05, 0.1) is 7.11 Å². The first-order chi connectivity index (χ1) is 10.2. The first-order valence-corrected chi connectivity index (χ1v) is 6.64. The molecule has 1 unspecified atom stereocenters. The molecule has 0 radical (unpaired) electrons. The molecule has 1 atom stereocenters. The van der Waals surface area contributed by atoms with E-state index in [1.165, 1.54) is 7.11 Å². The SMILES string of the molecule is COc1cccc(-c2ccccc2)c1CC(OC)C(=O)O. The fourth-order valence-corrected chi connectivity index (χ4v) is 2.31. The highest BCUT2D eigenvalue weighted by molar-refractivity contribution is 5.75. The van der Waals surface area contributed by atoms with E-state index in [-0.39, 0.29) is 6.42 Å². The first-order valence-electron chi connectivity index (χ1n) is 6.64. The number of ether oxygens (including phenoxy) is 2. The molecule has 0 fully saturated rings. The van der Waals surface area contributed by atoms with E-state index in [4.69, 9.17) is 9.47 Å². The second-order valence-electron chi connectivity index (χ2n) is 4.62. The smallest absolute Gasteiger partial charge is 0.333 e. The molecule has 2 aromatic rings. The second-order valence-corrected chi connectivity index (χ2v) is 4.62. The van der Waals surface area contributed by atoms with Gasteiger partial charge in [-0.2, -0.15) is 0 Å². The van der Waals surface area contributed by atoms with Gasteiger partial charge in [-0.3, -0.25) is 0 Å². The number of aliphatic carboxylic acids is 1. The number of carbonyl (C=O) groups is 1. The summed E-state index contributed by atoms with van der Waals surface area (Å²) in [4.78, 5) is 11.2. The van der Waals surface area contributed by atoms with E-state index in [0.29, 0.717) is 5.75 Å². The summed E-state index contributed by atoms with van der Waals surface area (Å²) in [6.45, 7) is 0. The quantitative estimate of drug-likeness (QED) is 0.887. The fraction of sp³-hybridized carbons (Fsp3) is 0.235. The van der Waals surface area contributed by atoms with Gasteiger partial charge in [-0.15, -0.1) is 0 Å². The number of hydrogen-bond acceptors (Lipinski definition) is 3. The van der Waals surface area contributed by atoms with Crippen molar-refractivity contribution >= 4 is 5.97 Å². The van der Waals surface area contributed by atoms with Crippen molar-refractivity contribution in [3.05, 3.63) is 54.1 Å². The van der Waals surface area contributed by atoms with Crippen molar-refractivity contribution in [2.45, 2.75) is 12.5 Å². The molecule has 110 valence electrons. The van der Waals surface area contributed by atoms with Gasteiger partial charge in [0.2, 0.25) is 0 Å². The van der Waals surface area contributed by atoms with Crippen LogP contribution in [0.2, 0.25) is 0 Å². The molecule has 0 saturated carbocycles. The lowest BCUT2D eigenvalue weighted by atomic mass is 9.95. The van der Waals surface area contributed by atoms with Gasteiger partial charge in [0, 0.05) is 19.1 Å². The van der Waals surface area contributed by atoms with E-state index in [1.54, 1.807) is 7.11 Å². The average Bonchev–Trinajstić information content (AvgIpc) is 2.52. The lowest BCUT2D eigenvalue weighted by molar-refractivity contribution is -0.148. The van der Waals surface area contributed by atoms with Crippen LogP contribution in [0.4, 0.5) is 0 Å². The van der Waals surface area contributed by atoms with Crippen LogP contribution in [-0.4, -0.2) is 31.4 Å². The molecule has 4 heteroatoms. The zero-order valence-corrected chi connectivity index (χ0v) is 12.1. The Bertz CT molecular complexity index is 607. The van der Waals surface area contributed by atoms with E-state index in [9.17, 15) is 9.90 Å². The van der Waals surface area contributed by atoms with E-state index >= 15 is 0 Å². The lowest BCUT2D eigenvalue weighted by Gasteiger charge is -2.17. The molecule has 2 aromatic carbocycles. The molecule has 0 aliphatic heterocycles. The van der Waals surface area contributed by atoms with Crippen LogP contribution in [0.15, 0.2) is 48.5 Å². The summed E-state index contributed by atoms with van der Waals surface area (Å²) in [7, 11) is 2.98. The maximum Gasteiger partial charge on any atom is 0.333 e. The molecular weight excluding hydrogens is 268 g/mol. The van der Waals surface area contributed by atoms with Crippen molar-refractivity contribution in [1.29, 1.82) is 0 Å². The second kappa shape index (κ2) is 6.90. The van der Waals surface area contributed by atoms with Crippen LogP contribution in [-0.2, 0) is 16.0 Å². The van der Waals surface area contributed by atoms with Crippen molar-refractivity contribution in [2.24, 2.45) is 0 Å². The topological polar surface area (TPSA) is 55.8 Å². The molecule has 0 saturated heterocycles. The van der Waals surface area contributed by atoms with Gasteiger partial charge in [0.15, 0.2) is 6.10 Å². The third-order valence-corrected chi connectivity index (χ3v) is 3.39. The van der Waals surface area contributed by atoms with Gasteiger partial charge < -0.3 is 14.6 Å². The predicted molar refractivity (Wildman–Crippen MR) is 80.6 cm³/mol. The minimum Gasteiger partial charge on any atom is -0.496 e. The van der Waals surface area contributed by atoms with Crippen molar-refractivity contribution in [3.8, 4) is 16.9 Å². The Hall–Kier alpha value is -2.33. The molecule has 4 nitrogen and oxygen atoms in total. The third-order valence-electron chi connectivity index (χ3n) is 3.39. The van der Waals surface area contributed by atoms with Crippen molar-refractivity contribution < 1.29 is 19.4 Å². The Labute approximate surface area is 123 Å². The maximum atomic E-state index is 11.2. The lowest BCUT2D eigenvalue weighted by Crippen LogP contribution is -2.25. The van der Waals surface area contributed by atoms with Gasteiger partial charge in [-0.25, -0.2) is 4.79 Å². The largest absolute Gasteiger partial charge is 0.496 e. The third kappa shape index (κ3) is 3.41. The van der Waals surface area contributed by atoms with Crippen LogP contribution in [0.1, 0.15) is 5.56 Å². The minimum absolute atomic E-state index is 0.250. The molecule has 0 heterocycles. The molecule has 0 spiro atoms. The molecular formula is C17H18O4. The van der Waals surface area contributed by atoms with Crippen LogP contribution in [0.25, 0.3) is 11.1 Å². The highest BCUT2D eigenvalue weighted by Crippen LogP contribution is 2.32. The van der Waals surface area contributed by atoms with Crippen LogP contribution in [0.3, 0.4) is 0 Å². The van der Waals surface area contributed by atoms with Gasteiger partial charge >= 0.3 is 5.97 Å². The predicted octanol–water partition coefficient (Wildman–Crippen LogP) is 3.00. The number of carboxylic acids is 1. The first kappa shape index (κ1) is 15.1. The van der Waals surface area contributed by atoms with Crippen molar-refractivity contribution in [3.63, 3.8) is 0 Å². The number of carboxylic acid groups (broad SMARTS) is 1. The summed E-state index contributed by atoms with van der Waals surface area (Å²) in [6.07, 6.45) is -0.649. The molecule has 0 amide bonds. The summed E-state index contributed by atoms with van der Waals surface area (Å²) in [5.41, 5.74) is 2.81. The van der Waals surface area contributed by atoms with Crippen LogP contribution < -0.4 is 4.74 Å². The number of rotatable bonds is 6. The van der Waals surface area contributed by atoms with Crippen LogP contribution in [0.5, 0.6) is 5.75 Å². The Morgan fingerprint density at radius 3 is 2.38 bits per heavy atom. The van der Waals surface area contributed by atoms with E-state index in [2.05, 4.69) is 0 Å². The van der Waals surface area contributed by atoms with Crippen molar-refractivity contribution in [1.82, 2.24) is 0 Å². The Morgan fingerprint density at radius 1 is 1.10 bits per heavy atom. The molecule has 0 aromatic heterocycles. The zero-order valence-electron chi connectivity index (χ0n) is 12.1. The normalized spacial score (nSPS) is 11.9. The van der Waals surface area contributed by atoms with Gasteiger partial charge in [-0.1, -0.05) is 42.5 Å². The number of hydrogen-bond donors (Lipinski definition) is 1. The summed E-state index contributed by atoms with van der Waals surface area (Å²) in [6, 6.07) is 15.5. The molecule has 0 bridgehead atoms. The molecule has 0 aliphatic rings.